The lowest BCUT2D eigenvalue weighted by Gasteiger charge is -2.26. The smallest absolute Gasteiger partial charge is 0.248 e. The van der Waals surface area contributed by atoms with Crippen molar-refractivity contribution in [3.05, 3.63) is 242 Å². The maximum absolute atomic E-state index is 13.0. The molecule has 396 valence electrons. The Hall–Kier alpha value is -7.46. The lowest BCUT2D eigenvalue weighted by molar-refractivity contribution is 0.0730. The Bertz CT molecular complexity index is 3600. The molecule has 0 spiro atoms. The van der Waals surface area contributed by atoms with Gasteiger partial charge in [0.25, 0.3) is 0 Å². The van der Waals surface area contributed by atoms with Gasteiger partial charge in [-0.3, -0.25) is 14.5 Å². The molecule has 11 rings (SSSR count). The molecule has 0 aliphatic carbocycles. The van der Waals surface area contributed by atoms with Gasteiger partial charge >= 0.3 is 0 Å². The molecule has 2 aromatic heterocycles. The third-order valence-electron chi connectivity index (χ3n) is 13.4. The number of epoxide rings is 1. The maximum Gasteiger partial charge on any atom is 0.248 e. The molecule has 0 radical (unpaired) electrons. The van der Waals surface area contributed by atoms with Crippen LogP contribution in [0.3, 0.4) is 0 Å². The van der Waals surface area contributed by atoms with Crippen molar-refractivity contribution in [2.75, 3.05) is 51.3 Å². The number of anilines is 2. The number of aromatic nitrogens is 2. The van der Waals surface area contributed by atoms with Crippen LogP contribution in [0.2, 0.25) is 0 Å². The summed E-state index contributed by atoms with van der Waals surface area (Å²) in [7, 11) is -3.55. The average Bonchev–Trinajstić information content (AvgIpc) is 4.33. The molecule has 4 heterocycles. The van der Waals surface area contributed by atoms with Gasteiger partial charge in [-0.1, -0.05) is 115 Å². The summed E-state index contributed by atoms with van der Waals surface area (Å²) in [6.07, 6.45) is 0.0672. The van der Waals surface area contributed by atoms with Gasteiger partial charge < -0.3 is 39.3 Å². The van der Waals surface area contributed by atoms with Gasteiger partial charge in [-0.05, 0) is 100 Å². The second-order valence-electron chi connectivity index (χ2n) is 18.7. The zero-order valence-electron chi connectivity index (χ0n) is 42.6. The summed E-state index contributed by atoms with van der Waals surface area (Å²) in [4.78, 5) is 32.4. The Morgan fingerprint density at radius 2 is 1.14 bits per heavy atom. The van der Waals surface area contributed by atoms with Gasteiger partial charge in [-0.25, -0.2) is 8.42 Å². The zero-order chi connectivity index (χ0) is 52.3. The van der Waals surface area contributed by atoms with Crippen molar-refractivity contribution in [3.8, 4) is 11.5 Å². The van der Waals surface area contributed by atoms with Crippen molar-refractivity contribution in [2.24, 2.45) is 0 Å². The van der Waals surface area contributed by atoms with Crippen LogP contribution in [0.4, 0.5) is 11.4 Å². The number of nitrogens with zero attached hydrogens (tertiary/aromatic N) is 2. The Kier molecular flexibility index (Phi) is 18.1. The van der Waals surface area contributed by atoms with Crippen molar-refractivity contribution < 1.29 is 32.5 Å². The molecule has 0 amide bonds. The molecular formula is C61H62N5O9PS. The number of morpholine rings is 1. The van der Waals surface area contributed by atoms with Crippen LogP contribution < -0.4 is 25.9 Å². The number of sulfonamides is 1. The molecule has 7 aromatic carbocycles. The third kappa shape index (κ3) is 14.1. The number of ether oxygens (including phenoxy) is 4. The van der Waals surface area contributed by atoms with E-state index in [2.05, 4.69) is 44.5 Å². The summed E-state index contributed by atoms with van der Waals surface area (Å²) in [6, 6.07) is 59.2. The Morgan fingerprint density at radius 1 is 0.623 bits per heavy atom. The largest absolute Gasteiger partial charge is 0.487 e. The number of nitrogens with one attached hydrogen (secondary N) is 3. The number of aliphatic hydroxyl groups excluding tert-OH is 1. The zero-order valence-corrected chi connectivity index (χ0v) is 44.8. The number of H-pyrrole nitrogens is 2. The highest BCUT2D eigenvalue weighted by Gasteiger charge is 2.28. The second kappa shape index (κ2) is 25.6. The minimum Gasteiger partial charge on any atom is -0.487 e. The lowest BCUT2D eigenvalue weighted by Crippen LogP contribution is -2.40. The number of pyridine rings is 2. The highest BCUT2D eigenvalue weighted by atomic mass is 32.2. The van der Waals surface area contributed by atoms with Crippen molar-refractivity contribution >= 4 is 53.1 Å². The van der Waals surface area contributed by atoms with Crippen LogP contribution in [0.15, 0.2) is 203 Å². The molecule has 4 N–H and O–H groups in total. The molecule has 9 aromatic rings. The van der Waals surface area contributed by atoms with Gasteiger partial charge in [-0.2, -0.15) is 14.2 Å². The summed E-state index contributed by atoms with van der Waals surface area (Å²) in [5.74, 6) is 1.23. The van der Waals surface area contributed by atoms with Crippen molar-refractivity contribution in [3.63, 3.8) is 0 Å². The second-order valence-corrected chi connectivity index (χ2v) is 20.7. The Balaban J connectivity index is 0.000000260. The lowest BCUT2D eigenvalue weighted by atomic mass is 10.0. The van der Waals surface area contributed by atoms with E-state index < -0.39 is 16.1 Å². The Labute approximate surface area is 450 Å². The van der Waals surface area contributed by atoms with E-state index in [9.17, 15) is 23.1 Å². The summed E-state index contributed by atoms with van der Waals surface area (Å²) in [5, 5.41) is 16.8. The van der Waals surface area contributed by atoms with E-state index in [4.69, 9.17) is 18.9 Å². The number of aromatic amines is 2. The summed E-state index contributed by atoms with van der Waals surface area (Å²) in [5.41, 5.74) is 8.80. The van der Waals surface area contributed by atoms with Gasteiger partial charge in [0.15, 0.2) is 0 Å². The van der Waals surface area contributed by atoms with Gasteiger partial charge in [0.1, 0.15) is 30.8 Å². The van der Waals surface area contributed by atoms with Crippen LogP contribution in [0, 0.1) is 0 Å². The highest BCUT2D eigenvalue weighted by Crippen LogP contribution is 2.37. The van der Waals surface area contributed by atoms with E-state index in [1.807, 2.05) is 121 Å². The summed E-state index contributed by atoms with van der Waals surface area (Å²) < 4.78 is 50.2. The first-order valence-corrected chi connectivity index (χ1v) is 26.8. The van der Waals surface area contributed by atoms with Crippen molar-refractivity contribution in [1.82, 2.24) is 19.2 Å². The number of hydrogen-bond donors (Lipinski definition) is 4. The fourth-order valence-electron chi connectivity index (χ4n) is 9.28. The number of hydrogen-bond acceptors (Lipinski definition) is 11. The number of benzene rings is 7. The molecule has 0 saturated carbocycles. The third-order valence-corrected chi connectivity index (χ3v) is 15.3. The van der Waals surface area contributed by atoms with E-state index in [-0.39, 0.29) is 32.0 Å². The van der Waals surface area contributed by atoms with E-state index >= 15 is 0 Å². The molecule has 14 nitrogen and oxygen atoms in total. The predicted molar refractivity (Wildman–Crippen MR) is 307 cm³/mol. The molecule has 0 bridgehead atoms. The fourth-order valence-corrected chi connectivity index (χ4v) is 10.7. The first kappa shape index (κ1) is 54.3. The fraction of sp³-hybridized carbons (Fsp3) is 0.213. The maximum atomic E-state index is 13.0. The van der Waals surface area contributed by atoms with E-state index in [1.54, 1.807) is 30.3 Å². The normalized spacial score (nSPS) is 14.8. The molecule has 16 heteroatoms. The molecular weight excluding hydrogens is 1010 g/mol. The number of fused-ring (bicyclic) bond motifs is 2. The molecule has 2 aliphatic rings. The van der Waals surface area contributed by atoms with E-state index in [1.165, 1.54) is 16.4 Å². The first-order valence-electron chi connectivity index (χ1n) is 25.4. The molecule has 3 atom stereocenters. The van der Waals surface area contributed by atoms with Crippen LogP contribution in [-0.4, -0.2) is 78.7 Å². The predicted octanol–water partition coefficient (Wildman–Crippen LogP) is 9.89. The van der Waals surface area contributed by atoms with Crippen LogP contribution in [0.1, 0.15) is 45.6 Å². The van der Waals surface area contributed by atoms with Gasteiger partial charge in [-0.15, -0.1) is 0 Å². The Morgan fingerprint density at radius 3 is 1.71 bits per heavy atom. The average molecular weight is 1070 g/mol. The van der Waals surface area contributed by atoms with Gasteiger partial charge in [0.2, 0.25) is 21.1 Å². The van der Waals surface area contributed by atoms with Gasteiger partial charge in [0, 0.05) is 67.0 Å². The quantitative estimate of drug-likeness (QED) is 0.0448. The molecule has 1 unspecified atom stereocenters. The van der Waals surface area contributed by atoms with E-state index in [0.717, 1.165) is 68.5 Å². The van der Waals surface area contributed by atoms with Crippen LogP contribution >= 0.6 is 9.90 Å². The summed E-state index contributed by atoms with van der Waals surface area (Å²) in [6.45, 7) is 4.82. The van der Waals surface area contributed by atoms with E-state index in [0.29, 0.717) is 81.7 Å². The van der Waals surface area contributed by atoms with Gasteiger partial charge in [0.05, 0.1) is 41.9 Å². The highest BCUT2D eigenvalue weighted by molar-refractivity contribution is 7.89. The first-order chi connectivity index (χ1) is 37.1. The van der Waals surface area contributed by atoms with Crippen LogP contribution in [-0.2, 0) is 45.7 Å². The molecule has 2 fully saturated rings. The van der Waals surface area contributed by atoms with Crippen LogP contribution in [0.25, 0.3) is 21.8 Å². The standard InChI is InChI=1S/C43H44N4O6S.C18H15NO3.H3P/c48-40(38-19-21-41(43-39(38)20-22-42(49)45-43)53-31-34-9-5-2-6-10-34)30-46(29-33-7-3-1-4-8-33)24-23-32-11-13-35(14-12-32)44-36-15-17-37(18-16-36)54(50,51)47-25-27-52-28-26-47;20-17-9-7-14-13(16-11-22-16)6-8-15(18(14)19-17)21-10-12-4-2-1-3-5-12;/h1-22,40,44,48H,23-31H2,(H,45,49);1-9,16H,10-11H2,(H,19,20);1H3/t40-;16-;/m00./s1. The van der Waals surface area contributed by atoms with Crippen molar-refractivity contribution in [1.29, 1.82) is 0 Å². The molecule has 2 saturated heterocycles. The van der Waals surface area contributed by atoms with Crippen molar-refractivity contribution in [2.45, 2.75) is 43.3 Å². The summed E-state index contributed by atoms with van der Waals surface area (Å²) >= 11 is 0. The SMILES string of the molecule is O=c1ccc2c([C@@H](O)CN(CCc3ccc(Nc4ccc(S(=O)(=O)N5CCOCC5)cc4)cc3)Cc3ccccc3)ccc(OCc3ccccc3)c2[nH]1.O=c1ccc2c([C@@H]3CO3)ccc(OCc3ccccc3)c2[nH]1.P. The monoisotopic (exact) mass is 1070 g/mol. The minimum absolute atomic E-state index is 0. The molecule has 2 aliphatic heterocycles. The van der Waals surface area contributed by atoms with Crippen LogP contribution in [0.5, 0.6) is 11.5 Å². The minimum atomic E-state index is -3.55. The number of rotatable bonds is 19. The topological polar surface area (TPSA) is 179 Å². The molecule has 77 heavy (non-hydrogen) atoms. The number of aliphatic hydroxyl groups is 1.